The molecule has 0 spiro atoms. The topological polar surface area (TPSA) is 84.7 Å². The van der Waals surface area contributed by atoms with Gasteiger partial charge in [-0.2, -0.15) is 9.40 Å². The molecule has 3 aromatic rings. The number of benzene rings is 2. The first-order valence-electron chi connectivity index (χ1n) is 9.71. The third-order valence-corrected chi connectivity index (χ3v) is 6.57. The number of hydrogen-bond donors (Lipinski definition) is 1. The van der Waals surface area contributed by atoms with Gasteiger partial charge in [-0.25, -0.2) is 8.42 Å². The molecule has 1 aromatic heterocycles. The number of nitrogens with zero attached hydrogens (tertiary/aromatic N) is 3. The summed E-state index contributed by atoms with van der Waals surface area (Å²) in [5, 5.41) is 15.0. The summed E-state index contributed by atoms with van der Waals surface area (Å²) in [6.07, 6.45) is 1.86. The van der Waals surface area contributed by atoms with Gasteiger partial charge in [0.2, 0.25) is 10.0 Å². The molecule has 8 heteroatoms. The van der Waals surface area contributed by atoms with Gasteiger partial charge in [-0.05, 0) is 37.1 Å². The van der Waals surface area contributed by atoms with Crippen molar-refractivity contribution in [1.29, 1.82) is 0 Å². The van der Waals surface area contributed by atoms with E-state index in [9.17, 15) is 13.5 Å². The number of aromatic nitrogens is 2. The van der Waals surface area contributed by atoms with E-state index in [1.807, 2.05) is 44.2 Å². The third kappa shape index (κ3) is 5.08. The zero-order valence-electron chi connectivity index (χ0n) is 17.3. The van der Waals surface area contributed by atoms with Crippen molar-refractivity contribution in [3.63, 3.8) is 0 Å². The van der Waals surface area contributed by atoms with E-state index in [4.69, 9.17) is 4.74 Å². The van der Waals surface area contributed by atoms with E-state index in [2.05, 4.69) is 5.10 Å². The molecule has 30 heavy (non-hydrogen) atoms. The molecule has 0 fully saturated rings. The van der Waals surface area contributed by atoms with E-state index < -0.39 is 16.1 Å². The maximum atomic E-state index is 13.4. The average Bonchev–Trinajstić information content (AvgIpc) is 3.25. The van der Waals surface area contributed by atoms with Crippen LogP contribution in [-0.2, 0) is 16.6 Å². The van der Waals surface area contributed by atoms with Gasteiger partial charge in [0.05, 0.1) is 19.4 Å². The minimum atomic E-state index is -3.87. The largest absolute Gasteiger partial charge is 0.497 e. The van der Waals surface area contributed by atoms with Crippen molar-refractivity contribution in [1.82, 2.24) is 14.1 Å². The molecule has 160 valence electrons. The van der Waals surface area contributed by atoms with Gasteiger partial charge < -0.3 is 9.84 Å². The maximum Gasteiger partial charge on any atom is 0.246 e. The highest BCUT2D eigenvalue weighted by atomic mass is 32.2. The van der Waals surface area contributed by atoms with Gasteiger partial charge in [0.15, 0.2) is 0 Å². The van der Waals surface area contributed by atoms with Gasteiger partial charge in [0.1, 0.15) is 10.6 Å². The van der Waals surface area contributed by atoms with E-state index in [0.717, 1.165) is 5.56 Å². The minimum absolute atomic E-state index is 0.0406. The number of aliphatic hydroxyl groups excluding tert-OH is 1. The standard InChI is InChI=1S/C22H27N3O4S/c1-17(2)25-15-21(13-23-25)30(27,28)24(14-18-8-5-4-6-9-18)16-22(26)19-10-7-11-20(12-19)29-3/h4-13,15,17,22,26H,14,16H2,1-3H3/t22-/m1/s1. The molecule has 0 amide bonds. The quantitative estimate of drug-likeness (QED) is 0.564. The summed E-state index contributed by atoms with van der Waals surface area (Å²) < 4.78 is 34.9. The van der Waals surface area contributed by atoms with Crippen LogP contribution in [0.25, 0.3) is 0 Å². The first kappa shape index (κ1) is 22.0. The molecule has 7 nitrogen and oxygen atoms in total. The van der Waals surface area contributed by atoms with Gasteiger partial charge in [-0.1, -0.05) is 42.5 Å². The number of hydrogen-bond acceptors (Lipinski definition) is 5. The van der Waals surface area contributed by atoms with Gasteiger partial charge in [0, 0.05) is 25.3 Å². The Morgan fingerprint density at radius 3 is 2.50 bits per heavy atom. The summed E-state index contributed by atoms with van der Waals surface area (Å²) >= 11 is 0. The van der Waals surface area contributed by atoms with Crippen LogP contribution in [0.1, 0.15) is 37.1 Å². The monoisotopic (exact) mass is 429 g/mol. The van der Waals surface area contributed by atoms with Gasteiger partial charge in [-0.3, -0.25) is 4.68 Å². The number of ether oxygens (including phenoxy) is 1. The fraction of sp³-hybridized carbons (Fsp3) is 0.318. The molecule has 0 saturated carbocycles. The second-order valence-corrected chi connectivity index (χ2v) is 9.26. The van der Waals surface area contributed by atoms with E-state index in [-0.39, 0.29) is 24.0 Å². The highest BCUT2D eigenvalue weighted by Gasteiger charge is 2.29. The molecule has 1 heterocycles. The summed E-state index contributed by atoms with van der Waals surface area (Å²) in [6, 6.07) is 16.3. The zero-order valence-corrected chi connectivity index (χ0v) is 18.2. The molecular formula is C22H27N3O4S. The maximum absolute atomic E-state index is 13.4. The normalized spacial score (nSPS) is 13.0. The molecule has 0 unspecified atom stereocenters. The van der Waals surface area contributed by atoms with Crippen molar-refractivity contribution in [2.75, 3.05) is 13.7 Å². The molecule has 1 N–H and O–H groups in total. The molecule has 3 rings (SSSR count). The molecule has 2 aromatic carbocycles. The van der Waals surface area contributed by atoms with Crippen LogP contribution in [0.3, 0.4) is 0 Å². The molecular weight excluding hydrogens is 402 g/mol. The molecule has 0 radical (unpaired) electrons. The molecule has 0 aliphatic carbocycles. The Morgan fingerprint density at radius 1 is 1.13 bits per heavy atom. The second-order valence-electron chi connectivity index (χ2n) is 7.33. The van der Waals surface area contributed by atoms with Gasteiger partial charge >= 0.3 is 0 Å². The highest BCUT2D eigenvalue weighted by Crippen LogP contribution is 2.25. The lowest BCUT2D eigenvalue weighted by atomic mass is 10.1. The van der Waals surface area contributed by atoms with Crippen molar-refractivity contribution >= 4 is 10.0 Å². The zero-order chi connectivity index (χ0) is 21.7. The van der Waals surface area contributed by atoms with Crippen LogP contribution in [0.4, 0.5) is 0 Å². The summed E-state index contributed by atoms with van der Waals surface area (Å²) in [4.78, 5) is 0.102. The smallest absolute Gasteiger partial charge is 0.246 e. The van der Waals surface area contributed by atoms with Crippen LogP contribution in [0.2, 0.25) is 0 Å². The second kappa shape index (κ2) is 9.42. The van der Waals surface area contributed by atoms with Crippen LogP contribution in [0.5, 0.6) is 5.75 Å². The Kier molecular flexibility index (Phi) is 6.91. The van der Waals surface area contributed by atoms with E-state index in [0.29, 0.717) is 11.3 Å². The number of sulfonamides is 1. The first-order valence-corrected chi connectivity index (χ1v) is 11.2. The van der Waals surface area contributed by atoms with Crippen molar-refractivity contribution in [3.8, 4) is 5.75 Å². The first-order chi connectivity index (χ1) is 14.3. The lowest BCUT2D eigenvalue weighted by molar-refractivity contribution is 0.145. The Labute approximate surface area is 177 Å². The summed E-state index contributed by atoms with van der Waals surface area (Å²) in [6.45, 7) is 3.89. The molecule has 0 aliphatic heterocycles. The number of rotatable bonds is 9. The molecule has 0 bridgehead atoms. The third-order valence-electron chi connectivity index (χ3n) is 4.80. The summed E-state index contributed by atoms with van der Waals surface area (Å²) in [5.74, 6) is 0.599. The van der Waals surface area contributed by atoms with E-state index in [1.165, 1.54) is 16.7 Å². The molecule has 1 atom stereocenters. The average molecular weight is 430 g/mol. The fourth-order valence-electron chi connectivity index (χ4n) is 3.07. The summed E-state index contributed by atoms with van der Waals surface area (Å²) in [7, 11) is -2.33. The van der Waals surface area contributed by atoms with Crippen LogP contribution >= 0.6 is 0 Å². The van der Waals surface area contributed by atoms with E-state index >= 15 is 0 Å². The van der Waals surface area contributed by atoms with Crippen molar-refractivity contribution < 1.29 is 18.3 Å². The SMILES string of the molecule is COc1cccc([C@H](O)CN(Cc2ccccc2)S(=O)(=O)c2cnn(C(C)C)c2)c1. The predicted octanol–water partition coefficient (Wildman–Crippen LogP) is 3.40. The van der Waals surface area contributed by atoms with Crippen molar-refractivity contribution in [2.45, 2.75) is 37.4 Å². The Bertz CT molecular complexity index is 1060. The van der Waals surface area contributed by atoms with Crippen molar-refractivity contribution in [3.05, 3.63) is 78.1 Å². The van der Waals surface area contributed by atoms with Crippen LogP contribution in [0.15, 0.2) is 71.9 Å². The lowest BCUT2D eigenvalue weighted by Gasteiger charge is -2.24. The summed E-state index contributed by atoms with van der Waals surface area (Å²) in [5.41, 5.74) is 1.41. The number of methoxy groups -OCH3 is 1. The highest BCUT2D eigenvalue weighted by molar-refractivity contribution is 7.89. The number of aliphatic hydroxyl groups is 1. The van der Waals surface area contributed by atoms with Gasteiger partial charge in [0.25, 0.3) is 0 Å². The fourth-order valence-corrected chi connectivity index (χ4v) is 4.44. The van der Waals surface area contributed by atoms with Crippen molar-refractivity contribution in [2.24, 2.45) is 0 Å². The predicted molar refractivity (Wildman–Crippen MR) is 115 cm³/mol. The van der Waals surface area contributed by atoms with E-state index in [1.54, 1.807) is 36.1 Å². The van der Waals surface area contributed by atoms with Crippen LogP contribution < -0.4 is 4.74 Å². The minimum Gasteiger partial charge on any atom is -0.497 e. The van der Waals surface area contributed by atoms with Crippen LogP contribution in [-0.4, -0.2) is 41.3 Å². The molecule has 0 saturated heterocycles. The Morgan fingerprint density at radius 2 is 1.87 bits per heavy atom. The Hall–Kier alpha value is -2.68. The van der Waals surface area contributed by atoms with Crippen LogP contribution in [0, 0.1) is 0 Å². The Balaban J connectivity index is 1.92. The molecule has 0 aliphatic rings. The lowest BCUT2D eigenvalue weighted by Crippen LogP contribution is -2.34. The van der Waals surface area contributed by atoms with Gasteiger partial charge in [-0.15, -0.1) is 0 Å².